The molecule has 0 atom stereocenters. The molecular weight excluding hydrogens is 429 g/mol. The minimum Gasteiger partial charge on any atom is -0.618 e. The Morgan fingerprint density at radius 1 is 1.00 bits per heavy atom. The summed E-state index contributed by atoms with van der Waals surface area (Å²) in [6.07, 6.45) is -5.07. The van der Waals surface area contributed by atoms with Crippen LogP contribution in [-0.4, -0.2) is 31.0 Å². The molecule has 10 heteroatoms. The third kappa shape index (κ3) is 3.88. The van der Waals surface area contributed by atoms with Gasteiger partial charge in [-0.25, -0.2) is 0 Å². The molecule has 0 bridgehead atoms. The smallest absolute Gasteiger partial charge is 0.486 e. The number of rotatable bonds is 3. The van der Waals surface area contributed by atoms with Gasteiger partial charge in [0.2, 0.25) is 0 Å². The number of piperazine rings is 1. The molecule has 0 spiro atoms. The van der Waals surface area contributed by atoms with E-state index in [1.54, 1.807) is 18.2 Å². The summed E-state index contributed by atoms with van der Waals surface area (Å²) in [6.45, 7) is 4.66. The van der Waals surface area contributed by atoms with E-state index >= 15 is 0 Å². The maximum Gasteiger partial charge on any atom is 0.486 e. The van der Waals surface area contributed by atoms with Gasteiger partial charge >= 0.3 is 17.6 Å². The molecule has 0 amide bonds. The number of nitrogens with one attached hydrogen (secondary N) is 1. The van der Waals surface area contributed by atoms with Crippen LogP contribution in [0, 0.1) is 17.3 Å². The van der Waals surface area contributed by atoms with E-state index in [4.69, 9.17) is 12.2 Å². The Bertz CT molecular complexity index is 1160. The predicted octanol–water partition coefficient (Wildman–Crippen LogP) is 2.61. The summed E-state index contributed by atoms with van der Waals surface area (Å²) in [5.41, 5.74) is -1.21. The van der Waals surface area contributed by atoms with Gasteiger partial charge in [-0.3, -0.25) is 0 Å². The minimum absolute atomic E-state index is 0.139. The molecule has 6 nitrogen and oxygen atoms in total. The van der Waals surface area contributed by atoms with Gasteiger partial charge in [-0.05, 0) is 18.6 Å². The van der Waals surface area contributed by atoms with Gasteiger partial charge in [0.1, 0.15) is 4.86 Å². The lowest BCUT2D eigenvalue weighted by molar-refractivity contribution is -0.646. The number of hydrogen-bond donors (Lipinski definition) is 1. The molecule has 0 saturated carbocycles. The Morgan fingerprint density at radius 2 is 1.65 bits per heavy atom. The van der Waals surface area contributed by atoms with Crippen LogP contribution in [0.25, 0.3) is 11.0 Å². The molecule has 31 heavy (non-hydrogen) atoms. The van der Waals surface area contributed by atoms with Crippen LogP contribution in [-0.2, 0) is 6.18 Å². The molecule has 2 aromatic carbocycles. The van der Waals surface area contributed by atoms with Crippen molar-refractivity contribution in [2.45, 2.75) is 13.1 Å². The van der Waals surface area contributed by atoms with E-state index in [0.717, 1.165) is 18.7 Å². The maximum absolute atomic E-state index is 13.9. The fourth-order valence-corrected chi connectivity index (χ4v) is 4.01. The first-order chi connectivity index (χ1) is 14.7. The van der Waals surface area contributed by atoms with Gasteiger partial charge in [0.05, 0.1) is 0 Å². The van der Waals surface area contributed by atoms with Crippen molar-refractivity contribution < 1.29 is 22.6 Å². The van der Waals surface area contributed by atoms with Crippen LogP contribution in [0.5, 0.6) is 0 Å². The molecular formula is C21H19F3N4O2S. The number of hydrogen-bond acceptors (Lipinski definition) is 5. The summed E-state index contributed by atoms with van der Waals surface area (Å²) in [7, 11) is 0. The predicted molar refractivity (Wildman–Crippen MR) is 114 cm³/mol. The van der Waals surface area contributed by atoms with Gasteiger partial charge < -0.3 is 20.6 Å². The molecule has 0 aliphatic carbocycles. The van der Waals surface area contributed by atoms with Gasteiger partial charge in [0, 0.05) is 44.0 Å². The molecule has 1 aliphatic rings. The van der Waals surface area contributed by atoms with Crippen LogP contribution in [0.1, 0.15) is 22.5 Å². The molecule has 2 heterocycles. The number of alkyl halides is 3. The normalized spacial score (nSPS) is 14.8. The highest BCUT2D eigenvalue weighted by molar-refractivity contribution is 7.81. The second-order valence-electron chi connectivity index (χ2n) is 7.39. The molecule has 1 aliphatic heterocycles. The second-order valence-corrected chi connectivity index (χ2v) is 7.80. The first-order valence-electron chi connectivity index (χ1n) is 9.65. The Hall–Kier alpha value is -2.98. The topological polar surface area (TPSA) is 69.2 Å². The van der Waals surface area contributed by atoms with Crippen LogP contribution in [0.3, 0.4) is 0 Å². The monoisotopic (exact) mass is 448 g/mol. The minimum atomic E-state index is -5.07. The van der Waals surface area contributed by atoms with E-state index in [2.05, 4.69) is 5.32 Å². The van der Waals surface area contributed by atoms with Gasteiger partial charge in [0.15, 0.2) is 0 Å². The van der Waals surface area contributed by atoms with Crippen molar-refractivity contribution in [3.8, 4) is 0 Å². The Balaban J connectivity index is 1.96. The summed E-state index contributed by atoms with van der Waals surface area (Å²) in [6, 6.07) is 10.7. The fraction of sp³-hybridized carbons (Fsp3) is 0.286. The first kappa shape index (κ1) is 21.3. The van der Waals surface area contributed by atoms with Crippen molar-refractivity contribution >= 4 is 33.8 Å². The summed E-state index contributed by atoms with van der Waals surface area (Å²) in [5.74, 6) is 0. The van der Waals surface area contributed by atoms with E-state index in [-0.39, 0.29) is 30.9 Å². The fourth-order valence-electron chi connectivity index (χ4n) is 3.69. The second kappa shape index (κ2) is 7.93. The van der Waals surface area contributed by atoms with E-state index in [1.165, 1.54) is 24.3 Å². The summed E-state index contributed by atoms with van der Waals surface area (Å²) in [4.78, 5) is 1.67. The highest BCUT2D eigenvalue weighted by atomic mass is 32.1. The van der Waals surface area contributed by atoms with Crippen molar-refractivity contribution in [1.29, 1.82) is 0 Å². The van der Waals surface area contributed by atoms with Crippen molar-refractivity contribution in [1.82, 2.24) is 5.32 Å². The van der Waals surface area contributed by atoms with Crippen LogP contribution in [0.2, 0.25) is 0 Å². The third-order valence-corrected chi connectivity index (χ3v) is 5.74. The van der Waals surface area contributed by atoms with Crippen molar-refractivity contribution in [2.24, 2.45) is 0 Å². The standard InChI is InChI=1S/C21H19F3N4O2S/c1-13-2-4-14(5-3-13)19(31)18-20(21(22,23)24)28(30)16-7-6-15(12-17(16)27(18)29)26-10-8-25-9-11-26/h2-7,12,25H,8-11H2,1H3. The van der Waals surface area contributed by atoms with E-state index in [1.807, 2.05) is 11.8 Å². The van der Waals surface area contributed by atoms with Crippen LogP contribution >= 0.6 is 12.2 Å². The van der Waals surface area contributed by atoms with Gasteiger partial charge in [-0.1, -0.05) is 42.0 Å². The third-order valence-electron chi connectivity index (χ3n) is 5.31. The average Bonchev–Trinajstić information content (AvgIpc) is 2.75. The Kier molecular flexibility index (Phi) is 5.44. The molecule has 1 aromatic heterocycles. The summed E-state index contributed by atoms with van der Waals surface area (Å²) in [5, 5.41) is 29.2. The van der Waals surface area contributed by atoms with Gasteiger partial charge in [-0.15, -0.1) is 4.73 Å². The molecule has 4 rings (SSSR count). The number of benzene rings is 2. The number of anilines is 1. The number of thiocarbonyl (C=S) groups is 1. The van der Waals surface area contributed by atoms with Crippen LogP contribution in [0.15, 0.2) is 42.5 Å². The Morgan fingerprint density at radius 3 is 2.26 bits per heavy atom. The highest BCUT2D eigenvalue weighted by Crippen LogP contribution is 2.31. The lowest BCUT2D eigenvalue weighted by Gasteiger charge is -2.29. The maximum atomic E-state index is 13.9. The number of aromatic nitrogens is 2. The molecule has 0 radical (unpaired) electrons. The molecule has 1 saturated heterocycles. The lowest BCUT2D eigenvalue weighted by Crippen LogP contribution is -2.50. The zero-order chi connectivity index (χ0) is 22.3. The molecule has 1 fully saturated rings. The zero-order valence-corrected chi connectivity index (χ0v) is 17.4. The van der Waals surface area contributed by atoms with Gasteiger partial charge in [0.25, 0.3) is 11.0 Å². The molecule has 162 valence electrons. The molecule has 1 N–H and O–H groups in total. The largest absolute Gasteiger partial charge is 0.618 e. The summed E-state index contributed by atoms with van der Waals surface area (Å²) < 4.78 is 41.5. The zero-order valence-electron chi connectivity index (χ0n) is 16.6. The van der Waals surface area contributed by atoms with Crippen molar-refractivity contribution in [3.63, 3.8) is 0 Å². The van der Waals surface area contributed by atoms with Crippen LogP contribution in [0.4, 0.5) is 18.9 Å². The highest BCUT2D eigenvalue weighted by Gasteiger charge is 2.50. The van der Waals surface area contributed by atoms with Crippen molar-refractivity contribution in [3.05, 3.63) is 75.4 Å². The Labute approximate surface area is 181 Å². The number of nitrogens with zero attached hydrogens (tertiary/aromatic N) is 3. The average molecular weight is 448 g/mol. The number of halogens is 3. The van der Waals surface area contributed by atoms with Crippen molar-refractivity contribution in [2.75, 3.05) is 31.1 Å². The van der Waals surface area contributed by atoms with E-state index < -0.39 is 17.6 Å². The number of fused-ring (bicyclic) bond motifs is 1. The molecule has 3 aromatic rings. The quantitative estimate of drug-likeness (QED) is 0.289. The van der Waals surface area contributed by atoms with E-state index in [9.17, 15) is 23.6 Å². The molecule has 0 unspecified atom stereocenters. The summed E-state index contributed by atoms with van der Waals surface area (Å²) >= 11 is 5.26. The lowest BCUT2D eigenvalue weighted by atomic mass is 10.0. The number of aryl methyl sites for hydroxylation is 1. The first-order valence-corrected chi connectivity index (χ1v) is 10.1. The SMILES string of the molecule is Cc1ccc(C(=S)c2c(C(F)(F)F)[n+]([O-])c3ccc(N4CCNCC4)cc3[n+]2[O-])cc1. The van der Waals surface area contributed by atoms with Crippen LogP contribution < -0.4 is 19.7 Å². The van der Waals surface area contributed by atoms with Gasteiger partial charge in [-0.2, -0.15) is 17.9 Å². The van der Waals surface area contributed by atoms with E-state index in [0.29, 0.717) is 18.8 Å².